The van der Waals surface area contributed by atoms with Gasteiger partial charge in [0.1, 0.15) is 5.75 Å². The predicted molar refractivity (Wildman–Crippen MR) is 101 cm³/mol. The Labute approximate surface area is 156 Å². The van der Waals surface area contributed by atoms with Crippen LogP contribution in [0.1, 0.15) is 24.8 Å². The predicted octanol–water partition coefficient (Wildman–Crippen LogP) is 0.926. The first-order chi connectivity index (χ1) is 12.4. The van der Waals surface area contributed by atoms with E-state index in [4.69, 9.17) is 0 Å². The maximum atomic E-state index is 12.6. The monoisotopic (exact) mass is 361 g/mol. The lowest BCUT2D eigenvalue weighted by atomic mass is 9.94. The van der Waals surface area contributed by atoms with E-state index in [1.807, 2.05) is 11.0 Å². The second-order valence-corrected chi connectivity index (χ2v) is 7.88. The van der Waals surface area contributed by atoms with Gasteiger partial charge in [-0.1, -0.05) is 12.1 Å². The van der Waals surface area contributed by atoms with Gasteiger partial charge in [0.2, 0.25) is 5.91 Å². The van der Waals surface area contributed by atoms with Gasteiger partial charge in [-0.25, -0.2) is 0 Å². The number of likely N-dealkylation sites (N-methyl/N-ethyl adjacent to an activating group) is 1. The van der Waals surface area contributed by atoms with Crippen LogP contribution in [0.4, 0.5) is 0 Å². The highest BCUT2D eigenvalue weighted by molar-refractivity contribution is 5.78. The number of hydrogen-bond acceptors (Lipinski definition) is 5. The molecule has 1 amide bonds. The minimum absolute atomic E-state index is 0.0689. The number of piperazine rings is 1. The van der Waals surface area contributed by atoms with Gasteiger partial charge in [-0.15, -0.1) is 0 Å². The van der Waals surface area contributed by atoms with Crippen molar-refractivity contribution in [3.8, 4) is 5.75 Å². The summed E-state index contributed by atoms with van der Waals surface area (Å²) in [6, 6.07) is 6.87. The number of nitrogens with zero attached hydrogens (tertiary/aromatic N) is 3. The molecule has 0 radical (unpaired) electrons. The molecule has 1 atom stereocenters. The molecular weight excluding hydrogens is 330 g/mol. The number of amides is 1. The Morgan fingerprint density at radius 3 is 2.62 bits per heavy atom. The highest BCUT2D eigenvalue weighted by atomic mass is 16.3. The van der Waals surface area contributed by atoms with Crippen molar-refractivity contribution in [3.63, 3.8) is 0 Å². The fourth-order valence-corrected chi connectivity index (χ4v) is 3.96. The summed E-state index contributed by atoms with van der Waals surface area (Å²) in [7, 11) is 2.13. The summed E-state index contributed by atoms with van der Waals surface area (Å²) >= 11 is 0. The second kappa shape index (κ2) is 8.37. The zero-order valence-corrected chi connectivity index (χ0v) is 15.7. The van der Waals surface area contributed by atoms with Crippen molar-refractivity contribution in [2.24, 2.45) is 0 Å². The lowest BCUT2D eigenvalue weighted by Gasteiger charge is -2.38. The number of phenols is 1. The minimum Gasteiger partial charge on any atom is -0.508 e. The van der Waals surface area contributed by atoms with Crippen LogP contribution in [0.15, 0.2) is 24.3 Å². The Bertz CT molecular complexity index is 616. The van der Waals surface area contributed by atoms with Crippen molar-refractivity contribution in [1.82, 2.24) is 14.7 Å². The molecule has 3 rings (SSSR count). The minimum atomic E-state index is -0.698. The summed E-state index contributed by atoms with van der Waals surface area (Å²) in [5.74, 6) is 0.257. The van der Waals surface area contributed by atoms with E-state index in [2.05, 4.69) is 16.8 Å². The number of rotatable bonds is 4. The van der Waals surface area contributed by atoms with Gasteiger partial charge in [0, 0.05) is 45.8 Å². The summed E-state index contributed by atoms with van der Waals surface area (Å²) in [4.78, 5) is 19.1. The normalized spacial score (nSPS) is 25.8. The van der Waals surface area contributed by atoms with E-state index in [1.54, 1.807) is 18.2 Å². The Kier molecular flexibility index (Phi) is 6.16. The lowest BCUT2D eigenvalue weighted by Crippen LogP contribution is -2.51. The number of β-amino-alcohol motifs (C(OH)–C–C–N with tert-alkyl or cyclic N) is 1. The number of benzene rings is 1. The van der Waals surface area contributed by atoms with E-state index in [-0.39, 0.29) is 11.7 Å². The smallest absolute Gasteiger partial charge is 0.226 e. The van der Waals surface area contributed by atoms with Crippen LogP contribution in [-0.2, 0) is 11.2 Å². The Morgan fingerprint density at radius 1 is 1.12 bits per heavy atom. The van der Waals surface area contributed by atoms with Crippen LogP contribution < -0.4 is 0 Å². The molecule has 2 fully saturated rings. The van der Waals surface area contributed by atoms with E-state index in [9.17, 15) is 15.0 Å². The molecule has 0 aliphatic carbocycles. The van der Waals surface area contributed by atoms with Gasteiger partial charge in [0.05, 0.1) is 12.0 Å². The molecule has 2 heterocycles. The molecule has 1 aromatic rings. The zero-order chi connectivity index (χ0) is 18.6. The quantitative estimate of drug-likeness (QED) is 0.835. The maximum Gasteiger partial charge on any atom is 0.226 e. The molecular formula is C20H31N3O3. The number of aromatic hydroxyl groups is 1. The average Bonchev–Trinajstić information content (AvgIpc) is 2.79. The van der Waals surface area contributed by atoms with Crippen molar-refractivity contribution in [2.45, 2.75) is 31.3 Å². The van der Waals surface area contributed by atoms with Crippen molar-refractivity contribution in [3.05, 3.63) is 29.8 Å². The molecule has 2 aliphatic heterocycles. The van der Waals surface area contributed by atoms with Crippen LogP contribution in [0.2, 0.25) is 0 Å². The molecule has 2 aliphatic rings. The zero-order valence-electron chi connectivity index (χ0n) is 15.7. The molecule has 144 valence electrons. The first kappa shape index (κ1) is 19.1. The summed E-state index contributed by atoms with van der Waals surface area (Å²) in [5.41, 5.74) is 0.127. The van der Waals surface area contributed by atoms with Crippen LogP contribution in [0, 0.1) is 0 Å². The van der Waals surface area contributed by atoms with Crippen molar-refractivity contribution in [1.29, 1.82) is 0 Å². The summed E-state index contributed by atoms with van der Waals surface area (Å²) < 4.78 is 0. The largest absolute Gasteiger partial charge is 0.508 e. The molecule has 26 heavy (non-hydrogen) atoms. The molecule has 6 nitrogen and oxygen atoms in total. The van der Waals surface area contributed by atoms with Crippen LogP contribution in [0.5, 0.6) is 5.75 Å². The Morgan fingerprint density at radius 2 is 1.88 bits per heavy atom. The van der Waals surface area contributed by atoms with E-state index in [0.29, 0.717) is 32.5 Å². The number of likely N-dealkylation sites (tertiary alicyclic amines) is 1. The van der Waals surface area contributed by atoms with Gasteiger partial charge in [-0.05, 0) is 44.0 Å². The summed E-state index contributed by atoms with van der Waals surface area (Å²) in [6.07, 6.45) is 2.50. The van der Waals surface area contributed by atoms with Gasteiger partial charge >= 0.3 is 0 Å². The fourth-order valence-electron chi connectivity index (χ4n) is 3.96. The topological polar surface area (TPSA) is 67.2 Å². The molecule has 0 spiro atoms. The van der Waals surface area contributed by atoms with E-state index < -0.39 is 5.60 Å². The number of phenolic OH excluding ortho intramolecular Hbond substituents is 1. The van der Waals surface area contributed by atoms with Crippen molar-refractivity contribution < 1.29 is 15.0 Å². The number of carbonyl (C=O) groups is 1. The number of hydrogen-bond donors (Lipinski definition) is 2. The van der Waals surface area contributed by atoms with Gasteiger partial charge in [-0.2, -0.15) is 0 Å². The van der Waals surface area contributed by atoms with Crippen LogP contribution in [0.3, 0.4) is 0 Å². The van der Waals surface area contributed by atoms with E-state index in [0.717, 1.165) is 44.6 Å². The third-order valence-electron chi connectivity index (χ3n) is 5.65. The molecule has 0 aromatic heterocycles. The molecule has 2 saturated heterocycles. The highest BCUT2D eigenvalue weighted by Crippen LogP contribution is 2.25. The summed E-state index contributed by atoms with van der Waals surface area (Å²) in [6.45, 7) is 6.09. The standard InChI is InChI=1S/C20H31N3O3/c1-21-10-12-22(13-11-21)16-20(26)6-3-8-23(9-7-20)19(25)15-17-4-2-5-18(24)14-17/h2,4-5,14,24,26H,3,6-13,15-16H2,1H3/t20-/m1/s1. The average molecular weight is 361 g/mol. The Balaban J connectivity index is 1.53. The van der Waals surface area contributed by atoms with Gasteiger partial charge in [0.15, 0.2) is 0 Å². The molecule has 0 saturated carbocycles. The van der Waals surface area contributed by atoms with Gasteiger partial charge in [0.25, 0.3) is 0 Å². The molecule has 0 bridgehead atoms. The third-order valence-corrected chi connectivity index (χ3v) is 5.65. The van der Waals surface area contributed by atoms with Crippen LogP contribution in [0.25, 0.3) is 0 Å². The molecule has 1 aromatic carbocycles. The molecule has 6 heteroatoms. The number of carbonyl (C=O) groups excluding carboxylic acids is 1. The second-order valence-electron chi connectivity index (χ2n) is 7.88. The highest BCUT2D eigenvalue weighted by Gasteiger charge is 2.33. The van der Waals surface area contributed by atoms with Crippen molar-refractivity contribution in [2.75, 3.05) is 52.9 Å². The first-order valence-corrected chi connectivity index (χ1v) is 9.62. The summed E-state index contributed by atoms with van der Waals surface area (Å²) in [5, 5.41) is 20.6. The van der Waals surface area contributed by atoms with E-state index in [1.165, 1.54) is 0 Å². The van der Waals surface area contributed by atoms with E-state index >= 15 is 0 Å². The fraction of sp³-hybridized carbons (Fsp3) is 0.650. The Hall–Kier alpha value is -1.63. The van der Waals surface area contributed by atoms with Crippen LogP contribution in [-0.4, -0.2) is 89.3 Å². The molecule has 0 unspecified atom stereocenters. The first-order valence-electron chi connectivity index (χ1n) is 9.62. The maximum absolute atomic E-state index is 12.6. The lowest BCUT2D eigenvalue weighted by molar-refractivity contribution is -0.130. The third kappa shape index (κ3) is 5.19. The SMILES string of the molecule is CN1CCN(C[C@@]2(O)CCCN(C(=O)Cc3cccc(O)c3)CC2)CC1. The van der Waals surface area contributed by atoms with Gasteiger partial charge in [-0.3, -0.25) is 9.69 Å². The molecule has 2 N–H and O–H groups in total. The van der Waals surface area contributed by atoms with Crippen molar-refractivity contribution >= 4 is 5.91 Å². The van der Waals surface area contributed by atoms with Gasteiger partial charge < -0.3 is 20.0 Å². The van der Waals surface area contributed by atoms with Crippen LogP contribution >= 0.6 is 0 Å². The number of aliphatic hydroxyl groups is 1.